The smallest absolute Gasteiger partial charge is 0.263 e. The maximum atomic E-state index is 15.2. The number of hydrogen-bond donors (Lipinski definition) is 2. The van der Waals surface area contributed by atoms with Crippen molar-refractivity contribution in [1.29, 1.82) is 0 Å². The second kappa shape index (κ2) is 8.11. The molecule has 2 aliphatic rings. The van der Waals surface area contributed by atoms with Crippen LogP contribution in [0.5, 0.6) is 0 Å². The first-order valence-corrected chi connectivity index (χ1v) is 11.8. The molecule has 0 bridgehead atoms. The van der Waals surface area contributed by atoms with Crippen LogP contribution in [0.2, 0.25) is 0 Å². The quantitative estimate of drug-likeness (QED) is 0.627. The predicted molar refractivity (Wildman–Crippen MR) is 125 cm³/mol. The highest BCUT2D eigenvalue weighted by Crippen LogP contribution is 2.34. The van der Waals surface area contributed by atoms with Gasteiger partial charge in [-0.05, 0) is 74.8 Å². The average molecular weight is 439 g/mol. The zero-order valence-electron chi connectivity index (χ0n) is 17.7. The first-order valence-electron chi connectivity index (χ1n) is 11.0. The van der Waals surface area contributed by atoms with E-state index in [1.54, 1.807) is 0 Å². The molecular weight excluding hydrogens is 411 g/mol. The highest BCUT2D eigenvalue weighted by atomic mass is 32.1. The Morgan fingerprint density at radius 2 is 2.03 bits per heavy atom. The summed E-state index contributed by atoms with van der Waals surface area (Å²) < 4.78 is 15.2. The number of carbonyl (C=O) groups excluding carboxylic acids is 1. The lowest BCUT2D eigenvalue weighted by Gasteiger charge is -2.32. The average Bonchev–Trinajstić information content (AvgIpc) is 3.10. The molecule has 162 valence electrons. The Kier molecular flexibility index (Phi) is 5.30. The first-order chi connectivity index (χ1) is 15.0. The van der Waals surface area contributed by atoms with Gasteiger partial charge in [-0.2, -0.15) is 0 Å². The molecule has 1 fully saturated rings. The number of thiophene rings is 1. The Morgan fingerprint density at radius 1 is 1.23 bits per heavy atom. The van der Waals surface area contributed by atoms with E-state index in [0.29, 0.717) is 23.4 Å². The van der Waals surface area contributed by atoms with Gasteiger partial charge in [0.2, 0.25) is 0 Å². The number of nitrogen functional groups attached to an aromatic ring is 1. The maximum absolute atomic E-state index is 15.2. The van der Waals surface area contributed by atoms with Crippen molar-refractivity contribution < 1.29 is 9.18 Å². The van der Waals surface area contributed by atoms with Gasteiger partial charge in [0, 0.05) is 30.2 Å². The molecule has 0 spiro atoms. The highest BCUT2D eigenvalue weighted by molar-refractivity contribution is 7.21. The fourth-order valence-corrected chi connectivity index (χ4v) is 5.85. The van der Waals surface area contributed by atoms with E-state index in [0.717, 1.165) is 65.1 Å². The minimum Gasteiger partial charge on any atom is -0.397 e. The van der Waals surface area contributed by atoms with Crippen molar-refractivity contribution in [2.75, 3.05) is 23.7 Å². The number of aromatic nitrogens is 1. The lowest BCUT2D eigenvalue weighted by Crippen LogP contribution is -2.39. The van der Waals surface area contributed by atoms with Gasteiger partial charge in [-0.1, -0.05) is 6.07 Å². The van der Waals surface area contributed by atoms with E-state index in [2.05, 4.69) is 15.2 Å². The van der Waals surface area contributed by atoms with Crippen molar-refractivity contribution in [3.63, 3.8) is 0 Å². The summed E-state index contributed by atoms with van der Waals surface area (Å²) in [5.74, 6) is -0.239. The number of amides is 1. The summed E-state index contributed by atoms with van der Waals surface area (Å²) in [7, 11) is 0. The van der Waals surface area contributed by atoms with Gasteiger partial charge < -0.3 is 16.0 Å². The molecular formula is C24H27FN4OS. The molecule has 5 rings (SSSR count). The van der Waals surface area contributed by atoms with E-state index in [9.17, 15) is 4.79 Å². The van der Waals surface area contributed by atoms with Crippen LogP contribution in [0.3, 0.4) is 0 Å². The summed E-state index contributed by atoms with van der Waals surface area (Å²) in [5.41, 5.74) is 10.2. The zero-order chi connectivity index (χ0) is 21.5. The molecule has 5 nitrogen and oxygen atoms in total. The summed E-state index contributed by atoms with van der Waals surface area (Å²) in [6.45, 7) is 3.78. The number of fused-ring (bicyclic) bond motifs is 2. The van der Waals surface area contributed by atoms with Crippen molar-refractivity contribution >= 4 is 38.8 Å². The van der Waals surface area contributed by atoms with Crippen molar-refractivity contribution in [2.45, 2.75) is 51.5 Å². The summed E-state index contributed by atoms with van der Waals surface area (Å²) in [6, 6.07) is 7.75. The fourth-order valence-electron chi connectivity index (χ4n) is 4.81. The number of rotatable bonds is 3. The third kappa shape index (κ3) is 3.76. The van der Waals surface area contributed by atoms with E-state index >= 15 is 4.39 Å². The Labute approximate surface area is 185 Å². The summed E-state index contributed by atoms with van der Waals surface area (Å²) in [4.78, 5) is 20.9. The van der Waals surface area contributed by atoms with Gasteiger partial charge >= 0.3 is 0 Å². The van der Waals surface area contributed by atoms with Crippen LogP contribution in [0, 0.1) is 12.7 Å². The number of carbonyl (C=O) groups is 1. The molecule has 3 N–H and O–H groups in total. The normalized spacial score (nSPS) is 18.8. The number of benzene rings is 1. The van der Waals surface area contributed by atoms with Gasteiger partial charge in [0.05, 0.1) is 11.4 Å². The first kappa shape index (κ1) is 20.2. The third-order valence-electron chi connectivity index (χ3n) is 6.50. The Hall–Kier alpha value is -2.67. The molecule has 1 amide bonds. The van der Waals surface area contributed by atoms with Gasteiger partial charge in [0.25, 0.3) is 5.91 Å². The summed E-state index contributed by atoms with van der Waals surface area (Å²) in [5, 5.41) is 3.94. The molecule has 3 heterocycles. The SMILES string of the molecule is Cc1ccc2c(N)c(C(=O)N[C@@H]3CCc4c(ccc(N5CCCCC5)c4F)C3)sc2n1. The molecule has 3 aromatic rings. The lowest BCUT2D eigenvalue weighted by molar-refractivity contribution is 0.0938. The fraction of sp³-hybridized carbons (Fsp3) is 0.417. The monoisotopic (exact) mass is 438 g/mol. The number of piperidine rings is 1. The molecule has 0 saturated carbocycles. The van der Waals surface area contributed by atoms with E-state index < -0.39 is 0 Å². The second-order valence-electron chi connectivity index (χ2n) is 8.65. The lowest BCUT2D eigenvalue weighted by atomic mass is 9.87. The Bertz CT molecular complexity index is 1150. The van der Waals surface area contributed by atoms with E-state index in [-0.39, 0.29) is 17.8 Å². The van der Waals surface area contributed by atoms with Crippen molar-refractivity contribution in [2.24, 2.45) is 0 Å². The molecule has 31 heavy (non-hydrogen) atoms. The second-order valence-corrected chi connectivity index (χ2v) is 9.65. The highest BCUT2D eigenvalue weighted by Gasteiger charge is 2.27. The topological polar surface area (TPSA) is 71.2 Å². The number of aryl methyl sites for hydroxylation is 1. The molecule has 7 heteroatoms. The Balaban J connectivity index is 1.32. The van der Waals surface area contributed by atoms with Gasteiger partial charge in [-0.15, -0.1) is 11.3 Å². The van der Waals surface area contributed by atoms with Crippen LogP contribution < -0.4 is 16.0 Å². The van der Waals surface area contributed by atoms with Crippen molar-refractivity contribution in [3.05, 3.63) is 51.8 Å². The van der Waals surface area contributed by atoms with Gasteiger partial charge in [0.1, 0.15) is 15.5 Å². The number of nitrogens with two attached hydrogens (primary N) is 1. The number of nitrogens with one attached hydrogen (secondary N) is 1. The maximum Gasteiger partial charge on any atom is 0.263 e. The number of pyridine rings is 1. The molecule has 1 saturated heterocycles. The van der Waals surface area contributed by atoms with Crippen LogP contribution in [-0.4, -0.2) is 30.0 Å². The zero-order valence-corrected chi connectivity index (χ0v) is 18.5. The van der Waals surface area contributed by atoms with Gasteiger partial charge in [-0.25, -0.2) is 9.37 Å². The van der Waals surface area contributed by atoms with Crippen LogP contribution in [0.25, 0.3) is 10.2 Å². The standard InChI is InChI=1S/C24H27FN4OS/c1-14-5-8-18-21(26)22(31-24(18)27-14)23(30)28-16-7-9-17-15(13-16)6-10-19(20(17)25)29-11-3-2-4-12-29/h5-6,8,10,16H,2-4,7,9,11-13,26H2,1H3,(H,28,30)/t16-/m1/s1. The van der Waals surface area contributed by atoms with E-state index in [1.807, 2.05) is 31.2 Å². The van der Waals surface area contributed by atoms with Gasteiger partial charge in [-0.3, -0.25) is 4.79 Å². The van der Waals surface area contributed by atoms with Crippen molar-refractivity contribution in [1.82, 2.24) is 10.3 Å². The molecule has 2 aromatic heterocycles. The molecule has 1 aliphatic heterocycles. The van der Waals surface area contributed by atoms with Crippen LogP contribution in [0.15, 0.2) is 24.3 Å². The minimum atomic E-state index is -0.169. The van der Waals surface area contributed by atoms with Crippen molar-refractivity contribution in [3.8, 4) is 0 Å². The van der Waals surface area contributed by atoms with Crippen LogP contribution in [0.4, 0.5) is 15.8 Å². The third-order valence-corrected chi connectivity index (χ3v) is 7.61. The van der Waals surface area contributed by atoms with Gasteiger partial charge in [0.15, 0.2) is 0 Å². The summed E-state index contributed by atoms with van der Waals surface area (Å²) in [6.07, 6.45) is 5.48. The van der Waals surface area contributed by atoms with E-state index in [1.165, 1.54) is 17.8 Å². The molecule has 1 atom stereocenters. The summed E-state index contributed by atoms with van der Waals surface area (Å²) >= 11 is 1.33. The number of anilines is 2. The minimum absolute atomic E-state index is 0.0282. The number of nitrogens with zero attached hydrogens (tertiary/aromatic N) is 2. The number of hydrogen-bond acceptors (Lipinski definition) is 5. The van der Waals surface area contributed by atoms with Crippen LogP contribution >= 0.6 is 11.3 Å². The van der Waals surface area contributed by atoms with Crippen LogP contribution in [0.1, 0.15) is 52.2 Å². The Morgan fingerprint density at radius 3 is 2.84 bits per heavy atom. The molecule has 1 aliphatic carbocycles. The molecule has 1 aromatic carbocycles. The van der Waals surface area contributed by atoms with E-state index in [4.69, 9.17) is 5.73 Å². The van der Waals surface area contributed by atoms with Crippen LogP contribution in [-0.2, 0) is 12.8 Å². The predicted octanol–water partition coefficient (Wildman–Crippen LogP) is 4.60. The molecule has 0 unspecified atom stereocenters. The largest absolute Gasteiger partial charge is 0.397 e. The molecule has 0 radical (unpaired) electrons. The number of halogens is 1.